The van der Waals surface area contributed by atoms with Crippen LogP contribution < -0.4 is 10.6 Å². The number of carbonyl (C=O) groups excluding carboxylic acids is 3. The second-order valence-electron chi connectivity index (χ2n) is 12.2. The number of aliphatic hydroxyl groups excluding tert-OH is 1. The van der Waals surface area contributed by atoms with Gasteiger partial charge in [-0.3, -0.25) is 14.4 Å². The Balaban J connectivity index is 1.38. The number of hydrogen-bond acceptors (Lipinski definition) is 5. The van der Waals surface area contributed by atoms with E-state index in [9.17, 15) is 19.5 Å². The molecule has 8 heteroatoms. The molecule has 2 aromatic rings. The highest BCUT2D eigenvalue weighted by Crippen LogP contribution is 2.65. The van der Waals surface area contributed by atoms with Crippen molar-refractivity contribution in [2.45, 2.75) is 94.2 Å². The van der Waals surface area contributed by atoms with Crippen molar-refractivity contribution in [1.29, 1.82) is 0 Å². The minimum absolute atomic E-state index is 0.0525. The van der Waals surface area contributed by atoms with E-state index in [-0.39, 0.29) is 30.4 Å². The summed E-state index contributed by atoms with van der Waals surface area (Å²) in [5, 5.41) is 17.0. The molecular formula is C33H41N3O5. The lowest BCUT2D eigenvalue weighted by Crippen LogP contribution is -2.57. The SMILES string of the molecule is CC[C@]12CCC3(O1)C(C(=O)NC1CCCCC1)N([C@H](CO)c1ccccc1)C(=O)[C@@H]3[C@H]2C(=O)NCc1ccccc1. The van der Waals surface area contributed by atoms with Gasteiger partial charge in [-0.15, -0.1) is 0 Å². The van der Waals surface area contributed by atoms with Gasteiger partial charge in [0.25, 0.3) is 0 Å². The summed E-state index contributed by atoms with van der Waals surface area (Å²) < 4.78 is 6.89. The number of benzene rings is 2. The highest BCUT2D eigenvalue weighted by atomic mass is 16.5. The predicted octanol–water partition coefficient (Wildman–Crippen LogP) is 3.64. The zero-order valence-corrected chi connectivity index (χ0v) is 23.8. The lowest BCUT2D eigenvalue weighted by molar-refractivity contribution is -0.151. The molecule has 3 amide bonds. The number of hydrogen-bond donors (Lipinski definition) is 3. The number of nitrogens with zero attached hydrogens (tertiary/aromatic N) is 1. The molecule has 3 heterocycles. The van der Waals surface area contributed by atoms with Crippen molar-refractivity contribution < 1.29 is 24.2 Å². The Hall–Kier alpha value is -3.23. The Labute approximate surface area is 241 Å². The van der Waals surface area contributed by atoms with E-state index in [0.29, 0.717) is 25.8 Å². The maximum absolute atomic E-state index is 14.6. The first kappa shape index (κ1) is 27.9. The zero-order chi connectivity index (χ0) is 28.6. The van der Waals surface area contributed by atoms with E-state index in [0.717, 1.165) is 43.2 Å². The molecule has 0 radical (unpaired) electrons. The third kappa shape index (κ3) is 4.65. The molecule has 6 atom stereocenters. The number of likely N-dealkylation sites (tertiary alicyclic amines) is 1. The van der Waals surface area contributed by atoms with E-state index < -0.39 is 35.1 Å². The van der Waals surface area contributed by atoms with Crippen molar-refractivity contribution in [1.82, 2.24) is 15.5 Å². The average molecular weight is 560 g/mol. The first-order valence-electron chi connectivity index (χ1n) is 15.2. The van der Waals surface area contributed by atoms with Crippen molar-refractivity contribution in [3.05, 3.63) is 71.8 Å². The van der Waals surface area contributed by atoms with Crippen LogP contribution in [-0.2, 0) is 25.7 Å². The summed E-state index contributed by atoms with van der Waals surface area (Å²) in [6.07, 6.45) is 6.81. The van der Waals surface area contributed by atoms with E-state index in [4.69, 9.17) is 4.74 Å². The topological polar surface area (TPSA) is 108 Å². The highest BCUT2D eigenvalue weighted by Gasteiger charge is 2.79. The monoisotopic (exact) mass is 559 g/mol. The van der Waals surface area contributed by atoms with Crippen molar-refractivity contribution in [2.24, 2.45) is 11.8 Å². The van der Waals surface area contributed by atoms with Gasteiger partial charge in [-0.25, -0.2) is 0 Å². The molecule has 41 heavy (non-hydrogen) atoms. The van der Waals surface area contributed by atoms with Gasteiger partial charge in [-0.05, 0) is 43.2 Å². The van der Waals surface area contributed by atoms with Crippen LogP contribution in [0.1, 0.15) is 75.5 Å². The molecule has 1 aliphatic carbocycles. The molecule has 0 aromatic heterocycles. The Morgan fingerprint density at radius 1 is 1.00 bits per heavy atom. The number of ether oxygens (including phenoxy) is 1. The standard InChI is InChI=1S/C33H41N3O5/c1-2-32-18-19-33(41-32)27(26(32)29(38)34-20-22-12-6-3-7-13-22)31(40)36(25(21-37)23-14-8-4-9-15-23)28(33)30(39)35-24-16-10-5-11-17-24/h3-4,6-9,12-15,24-28,37H,2,5,10-11,16-21H2,1H3,(H,34,38)(H,35,39)/t25-,26+,27+,28?,32-,33?/m1/s1. The molecular weight excluding hydrogens is 518 g/mol. The van der Waals surface area contributed by atoms with Gasteiger partial charge >= 0.3 is 0 Å². The van der Waals surface area contributed by atoms with Crippen molar-refractivity contribution in [2.75, 3.05) is 6.61 Å². The summed E-state index contributed by atoms with van der Waals surface area (Å²) >= 11 is 0. The third-order valence-corrected chi connectivity index (χ3v) is 10.1. The molecule has 1 spiro atoms. The Kier molecular flexibility index (Phi) is 7.64. The second-order valence-corrected chi connectivity index (χ2v) is 12.2. The zero-order valence-electron chi connectivity index (χ0n) is 23.8. The maximum Gasteiger partial charge on any atom is 0.246 e. The van der Waals surface area contributed by atoms with Crippen LogP contribution in [0.4, 0.5) is 0 Å². The third-order valence-electron chi connectivity index (χ3n) is 10.1. The molecule has 3 saturated heterocycles. The Bertz CT molecular complexity index is 1270. The fourth-order valence-corrected chi connectivity index (χ4v) is 8.14. The van der Waals surface area contributed by atoms with Gasteiger partial charge in [-0.2, -0.15) is 0 Å². The quantitative estimate of drug-likeness (QED) is 0.435. The number of rotatable bonds is 9. The average Bonchev–Trinajstić information content (AvgIpc) is 3.62. The fourth-order valence-electron chi connectivity index (χ4n) is 8.14. The minimum atomic E-state index is -1.12. The van der Waals surface area contributed by atoms with Gasteiger partial charge in [0.05, 0.1) is 30.1 Å². The smallest absolute Gasteiger partial charge is 0.246 e. The van der Waals surface area contributed by atoms with E-state index >= 15 is 0 Å². The summed E-state index contributed by atoms with van der Waals surface area (Å²) in [4.78, 5) is 44.3. The molecule has 2 aromatic carbocycles. The molecule has 218 valence electrons. The number of aliphatic hydroxyl groups is 1. The molecule has 3 aliphatic heterocycles. The van der Waals surface area contributed by atoms with Crippen LogP contribution in [0.3, 0.4) is 0 Å². The Morgan fingerprint density at radius 3 is 2.34 bits per heavy atom. The van der Waals surface area contributed by atoms with Crippen LogP contribution >= 0.6 is 0 Å². The molecule has 6 rings (SSSR count). The van der Waals surface area contributed by atoms with Crippen LogP contribution in [0, 0.1) is 11.8 Å². The van der Waals surface area contributed by atoms with Gasteiger partial charge in [0, 0.05) is 12.6 Å². The molecule has 8 nitrogen and oxygen atoms in total. The molecule has 2 bridgehead atoms. The summed E-state index contributed by atoms with van der Waals surface area (Å²) in [5.41, 5.74) is -0.209. The largest absolute Gasteiger partial charge is 0.394 e. The Morgan fingerprint density at radius 2 is 1.68 bits per heavy atom. The van der Waals surface area contributed by atoms with E-state index in [1.54, 1.807) is 4.90 Å². The predicted molar refractivity (Wildman–Crippen MR) is 153 cm³/mol. The van der Waals surface area contributed by atoms with Gasteiger partial charge in [0.2, 0.25) is 17.7 Å². The van der Waals surface area contributed by atoms with E-state index in [1.807, 2.05) is 67.6 Å². The summed E-state index contributed by atoms with van der Waals surface area (Å²) in [7, 11) is 0. The van der Waals surface area contributed by atoms with E-state index in [2.05, 4.69) is 10.6 Å². The summed E-state index contributed by atoms with van der Waals surface area (Å²) in [5.74, 6) is -2.26. The van der Waals surface area contributed by atoms with E-state index in [1.165, 1.54) is 0 Å². The maximum atomic E-state index is 14.6. The highest BCUT2D eigenvalue weighted by molar-refractivity contribution is 5.99. The summed E-state index contributed by atoms with van der Waals surface area (Å²) in [6.45, 7) is 2.01. The lowest BCUT2D eigenvalue weighted by atomic mass is 9.65. The minimum Gasteiger partial charge on any atom is -0.394 e. The van der Waals surface area contributed by atoms with Crippen molar-refractivity contribution in [3.8, 4) is 0 Å². The van der Waals surface area contributed by atoms with Crippen LogP contribution in [0.15, 0.2) is 60.7 Å². The van der Waals surface area contributed by atoms with Crippen LogP contribution in [0.25, 0.3) is 0 Å². The normalized spacial score (nSPS) is 31.6. The number of fused-ring (bicyclic) bond motifs is 1. The van der Waals surface area contributed by atoms with Gasteiger partial charge in [0.15, 0.2) is 0 Å². The number of carbonyl (C=O) groups is 3. The van der Waals surface area contributed by atoms with Gasteiger partial charge < -0.3 is 25.4 Å². The second kappa shape index (κ2) is 11.2. The lowest BCUT2D eigenvalue weighted by Gasteiger charge is -2.38. The first-order chi connectivity index (χ1) is 19.9. The van der Waals surface area contributed by atoms with Crippen molar-refractivity contribution >= 4 is 17.7 Å². The number of nitrogens with one attached hydrogen (secondary N) is 2. The molecule has 4 fully saturated rings. The molecule has 4 aliphatic rings. The molecule has 1 saturated carbocycles. The summed E-state index contributed by atoms with van der Waals surface area (Å²) in [6, 6.07) is 17.4. The van der Waals surface area contributed by atoms with Crippen molar-refractivity contribution in [3.63, 3.8) is 0 Å². The van der Waals surface area contributed by atoms with Crippen LogP contribution in [-0.4, -0.2) is 57.6 Å². The van der Waals surface area contributed by atoms with Gasteiger partial charge in [-0.1, -0.05) is 86.8 Å². The van der Waals surface area contributed by atoms with Gasteiger partial charge in [0.1, 0.15) is 11.6 Å². The molecule has 2 unspecified atom stereocenters. The van der Waals surface area contributed by atoms with Crippen LogP contribution in [0.5, 0.6) is 0 Å². The fraction of sp³-hybridized carbons (Fsp3) is 0.545. The number of amides is 3. The van der Waals surface area contributed by atoms with Crippen LogP contribution in [0.2, 0.25) is 0 Å². The molecule has 3 N–H and O–H groups in total. The first-order valence-corrected chi connectivity index (χ1v) is 15.2.